The highest BCUT2D eigenvalue weighted by Crippen LogP contribution is 2.25. The molecule has 10 heteroatoms. The minimum absolute atomic E-state index is 0.0131. The van der Waals surface area contributed by atoms with Gasteiger partial charge in [-0.1, -0.05) is 0 Å². The zero-order valence-electron chi connectivity index (χ0n) is 14.9. The summed E-state index contributed by atoms with van der Waals surface area (Å²) in [7, 11) is -4.16. The number of ether oxygens (including phenoxy) is 2. The molecule has 2 N–H and O–H groups in total. The molecule has 152 valence electrons. The van der Waals surface area contributed by atoms with Crippen LogP contribution in [0.3, 0.4) is 0 Å². The minimum atomic E-state index is -4.16. The highest BCUT2D eigenvalue weighted by Gasteiger charge is 2.18. The summed E-state index contributed by atoms with van der Waals surface area (Å²) < 4.78 is 65.0. The molecule has 0 radical (unpaired) electrons. The van der Waals surface area contributed by atoms with E-state index in [0.717, 1.165) is 24.3 Å². The average molecular weight is 415 g/mol. The second-order valence-corrected chi connectivity index (χ2v) is 7.30. The van der Waals surface area contributed by atoms with Crippen LogP contribution < -0.4 is 14.2 Å². The van der Waals surface area contributed by atoms with Gasteiger partial charge in [0.1, 0.15) is 0 Å². The van der Waals surface area contributed by atoms with E-state index in [1.807, 2.05) is 0 Å². The number of anilines is 1. The van der Waals surface area contributed by atoms with Crippen LogP contribution >= 0.6 is 0 Å². The van der Waals surface area contributed by atoms with Crippen molar-refractivity contribution >= 4 is 21.7 Å². The first-order chi connectivity index (χ1) is 13.2. The van der Waals surface area contributed by atoms with Gasteiger partial charge in [-0.15, -0.1) is 0 Å². The normalized spacial score (nSPS) is 11.1. The fraction of sp³-hybridized carbons (Fsp3) is 0.278. The third kappa shape index (κ3) is 5.81. The highest BCUT2D eigenvalue weighted by atomic mass is 32.2. The van der Waals surface area contributed by atoms with Gasteiger partial charge in [-0.2, -0.15) is 0 Å². The Balaban J connectivity index is 2.10. The van der Waals surface area contributed by atoms with Crippen LogP contribution in [0.25, 0.3) is 0 Å². The number of carboxylic acid groups (broad SMARTS) is 1. The molecule has 0 fully saturated rings. The van der Waals surface area contributed by atoms with Gasteiger partial charge in [0, 0.05) is 12.5 Å². The largest absolute Gasteiger partial charge is 0.491 e. The quantitative estimate of drug-likeness (QED) is 0.577. The molecule has 0 aliphatic heterocycles. The van der Waals surface area contributed by atoms with Gasteiger partial charge >= 0.3 is 5.97 Å². The minimum Gasteiger partial charge on any atom is -0.491 e. The lowest BCUT2D eigenvalue weighted by Gasteiger charge is -2.11. The fourth-order valence-electron chi connectivity index (χ4n) is 2.22. The van der Waals surface area contributed by atoms with Gasteiger partial charge in [-0.3, -0.25) is 9.52 Å². The number of nitrogens with one attached hydrogen (secondary N) is 1. The molecular weight excluding hydrogens is 396 g/mol. The Hall–Kier alpha value is -2.88. The maximum Gasteiger partial charge on any atom is 0.303 e. The van der Waals surface area contributed by atoms with Crippen LogP contribution in [0.15, 0.2) is 41.3 Å². The number of benzene rings is 2. The van der Waals surface area contributed by atoms with E-state index in [1.54, 1.807) is 6.92 Å². The standard InChI is InChI=1S/C18H19F2NO6S/c1-2-26-16-7-5-12(10-14(16)19)21-28(24,25)13-6-8-17(15(20)11-13)27-9-3-4-18(22)23/h5-8,10-11,21H,2-4,9H2,1H3,(H,22,23). The summed E-state index contributed by atoms with van der Waals surface area (Å²) in [4.78, 5) is 10.0. The van der Waals surface area contributed by atoms with Gasteiger partial charge < -0.3 is 14.6 Å². The van der Waals surface area contributed by atoms with Crippen molar-refractivity contribution in [1.82, 2.24) is 0 Å². The van der Waals surface area contributed by atoms with E-state index in [-0.39, 0.29) is 48.1 Å². The average Bonchev–Trinajstić information content (AvgIpc) is 2.61. The molecule has 0 aliphatic rings. The maximum absolute atomic E-state index is 14.1. The third-order valence-corrected chi connectivity index (χ3v) is 4.87. The van der Waals surface area contributed by atoms with Gasteiger partial charge in [0.15, 0.2) is 23.1 Å². The second kappa shape index (κ2) is 9.36. The number of hydrogen-bond acceptors (Lipinski definition) is 5. The number of halogens is 2. The van der Waals surface area contributed by atoms with Crippen LogP contribution in [0.2, 0.25) is 0 Å². The summed E-state index contributed by atoms with van der Waals surface area (Å²) in [6, 6.07) is 6.58. The second-order valence-electron chi connectivity index (χ2n) is 5.62. The predicted octanol–water partition coefficient (Wildman–Crippen LogP) is 3.41. The molecule has 2 aromatic carbocycles. The van der Waals surface area contributed by atoms with Gasteiger partial charge in [0.25, 0.3) is 10.0 Å². The number of carboxylic acids is 1. The first-order valence-corrected chi connectivity index (χ1v) is 9.80. The van der Waals surface area contributed by atoms with E-state index in [0.29, 0.717) is 0 Å². The Morgan fingerprint density at radius 3 is 2.32 bits per heavy atom. The molecule has 0 amide bonds. The molecule has 0 spiro atoms. The highest BCUT2D eigenvalue weighted by molar-refractivity contribution is 7.92. The summed E-state index contributed by atoms with van der Waals surface area (Å²) in [6.45, 7) is 1.91. The summed E-state index contributed by atoms with van der Waals surface area (Å²) in [5.41, 5.74) is -0.0460. The molecule has 0 atom stereocenters. The molecule has 28 heavy (non-hydrogen) atoms. The SMILES string of the molecule is CCOc1ccc(NS(=O)(=O)c2ccc(OCCCC(=O)O)c(F)c2)cc1F. The van der Waals surface area contributed by atoms with Crippen LogP contribution in [0.1, 0.15) is 19.8 Å². The Morgan fingerprint density at radius 1 is 1.07 bits per heavy atom. The van der Waals surface area contributed by atoms with Crippen molar-refractivity contribution in [2.24, 2.45) is 0 Å². The number of hydrogen-bond donors (Lipinski definition) is 2. The molecule has 7 nitrogen and oxygen atoms in total. The zero-order valence-corrected chi connectivity index (χ0v) is 15.8. The van der Waals surface area contributed by atoms with Crippen LogP contribution in [-0.4, -0.2) is 32.7 Å². The van der Waals surface area contributed by atoms with Crippen LogP contribution in [0.5, 0.6) is 11.5 Å². The van der Waals surface area contributed by atoms with Crippen molar-refractivity contribution in [3.05, 3.63) is 48.0 Å². The van der Waals surface area contributed by atoms with Gasteiger partial charge in [-0.05, 0) is 43.7 Å². The molecule has 2 aromatic rings. The smallest absolute Gasteiger partial charge is 0.303 e. The number of aliphatic carboxylic acids is 1. The predicted molar refractivity (Wildman–Crippen MR) is 97.1 cm³/mol. The van der Waals surface area contributed by atoms with Crippen molar-refractivity contribution in [1.29, 1.82) is 0 Å². The number of rotatable bonds is 10. The molecule has 2 rings (SSSR count). The van der Waals surface area contributed by atoms with Crippen molar-refractivity contribution < 1.29 is 36.6 Å². The first-order valence-electron chi connectivity index (χ1n) is 8.32. The number of carbonyl (C=O) groups is 1. The summed E-state index contributed by atoms with van der Waals surface area (Å²) in [5.74, 6) is -2.87. The Kier molecular flexibility index (Phi) is 7.16. The van der Waals surface area contributed by atoms with E-state index in [4.69, 9.17) is 14.6 Å². The van der Waals surface area contributed by atoms with E-state index in [1.165, 1.54) is 12.1 Å². The molecule has 0 aromatic heterocycles. The van der Waals surface area contributed by atoms with E-state index < -0.39 is 27.6 Å². The lowest BCUT2D eigenvalue weighted by atomic mass is 10.3. The van der Waals surface area contributed by atoms with E-state index in [2.05, 4.69) is 4.72 Å². The topological polar surface area (TPSA) is 102 Å². The van der Waals surface area contributed by atoms with Gasteiger partial charge in [0.05, 0.1) is 23.8 Å². The fourth-order valence-corrected chi connectivity index (χ4v) is 3.28. The van der Waals surface area contributed by atoms with Crippen molar-refractivity contribution in [3.63, 3.8) is 0 Å². The van der Waals surface area contributed by atoms with Crippen molar-refractivity contribution in [2.75, 3.05) is 17.9 Å². The summed E-state index contributed by atoms with van der Waals surface area (Å²) in [5, 5.41) is 8.54. The Bertz CT molecular complexity index is 949. The summed E-state index contributed by atoms with van der Waals surface area (Å²) >= 11 is 0. The molecular formula is C18H19F2NO6S. The molecule has 0 saturated carbocycles. The third-order valence-electron chi connectivity index (χ3n) is 3.49. The number of sulfonamides is 1. The van der Waals surface area contributed by atoms with Crippen molar-refractivity contribution in [2.45, 2.75) is 24.7 Å². The first kappa shape index (κ1) is 21.4. The van der Waals surface area contributed by atoms with Gasteiger partial charge in [-0.25, -0.2) is 17.2 Å². The van der Waals surface area contributed by atoms with Crippen LogP contribution in [0.4, 0.5) is 14.5 Å². The lowest BCUT2D eigenvalue weighted by Crippen LogP contribution is -2.13. The van der Waals surface area contributed by atoms with E-state index in [9.17, 15) is 22.0 Å². The molecule has 0 aliphatic carbocycles. The Morgan fingerprint density at radius 2 is 1.71 bits per heavy atom. The molecule has 0 heterocycles. The molecule has 0 saturated heterocycles. The molecule has 0 unspecified atom stereocenters. The molecule has 0 bridgehead atoms. The van der Waals surface area contributed by atoms with E-state index >= 15 is 0 Å². The van der Waals surface area contributed by atoms with Crippen molar-refractivity contribution in [3.8, 4) is 11.5 Å². The maximum atomic E-state index is 14.1. The summed E-state index contributed by atoms with van der Waals surface area (Å²) in [6.07, 6.45) is 0.0519. The zero-order chi connectivity index (χ0) is 20.7. The lowest BCUT2D eigenvalue weighted by molar-refractivity contribution is -0.137. The van der Waals surface area contributed by atoms with Crippen LogP contribution in [0, 0.1) is 11.6 Å². The van der Waals surface area contributed by atoms with Crippen LogP contribution in [-0.2, 0) is 14.8 Å². The van der Waals surface area contributed by atoms with Gasteiger partial charge in [0.2, 0.25) is 0 Å². The Labute approximate surface area is 161 Å². The monoisotopic (exact) mass is 415 g/mol.